The molecule has 0 aromatic carbocycles. The largest absolute Gasteiger partial charge is 0.238 e. The zero-order chi connectivity index (χ0) is 12.4. The highest BCUT2D eigenvalue weighted by molar-refractivity contribution is 7.13. The zero-order valence-corrected chi connectivity index (χ0v) is 11.6. The molecule has 0 spiro atoms. The van der Waals surface area contributed by atoms with Gasteiger partial charge in [-0.1, -0.05) is 25.4 Å². The predicted octanol–water partition coefficient (Wildman–Crippen LogP) is 3.76. The second-order valence-electron chi connectivity index (χ2n) is 4.40. The van der Waals surface area contributed by atoms with Gasteiger partial charge in [0.05, 0.1) is 0 Å². The summed E-state index contributed by atoms with van der Waals surface area (Å²) in [5.74, 6) is 1.18. The lowest BCUT2D eigenvalue weighted by atomic mass is 10.1. The van der Waals surface area contributed by atoms with Crippen molar-refractivity contribution in [3.8, 4) is 10.8 Å². The number of aryl methyl sites for hydroxylation is 1. The van der Waals surface area contributed by atoms with Gasteiger partial charge < -0.3 is 0 Å². The topological polar surface area (TPSA) is 38.7 Å². The van der Waals surface area contributed by atoms with E-state index < -0.39 is 0 Å². The van der Waals surface area contributed by atoms with Gasteiger partial charge in [-0.15, -0.1) is 11.3 Å². The highest BCUT2D eigenvalue weighted by atomic mass is 35.5. The van der Waals surface area contributed by atoms with E-state index in [0.717, 1.165) is 22.8 Å². The zero-order valence-electron chi connectivity index (χ0n) is 10.1. The van der Waals surface area contributed by atoms with Crippen molar-refractivity contribution in [3.63, 3.8) is 0 Å². The van der Waals surface area contributed by atoms with Gasteiger partial charge in [0.15, 0.2) is 10.8 Å². The Morgan fingerprint density at radius 2 is 2.06 bits per heavy atom. The third-order valence-corrected chi connectivity index (χ3v) is 3.33. The average Bonchev–Trinajstić information content (AvgIpc) is 2.62. The van der Waals surface area contributed by atoms with Crippen LogP contribution < -0.4 is 0 Å². The Balaban J connectivity index is 2.37. The van der Waals surface area contributed by atoms with Crippen molar-refractivity contribution in [1.29, 1.82) is 0 Å². The molecule has 0 aliphatic carbocycles. The molecule has 0 saturated carbocycles. The molecule has 2 rings (SSSR count). The lowest BCUT2D eigenvalue weighted by Gasteiger charge is -2.05. The van der Waals surface area contributed by atoms with Crippen LogP contribution in [0.1, 0.15) is 25.2 Å². The first-order valence-electron chi connectivity index (χ1n) is 5.50. The van der Waals surface area contributed by atoms with Crippen LogP contribution in [0.25, 0.3) is 10.8 Å². The van der Waals surface area contributed by atoms with E-state index >= 15 is 0 Å². The highest BCUT2D eigenvalue weighted by Gasteiger charge is 2.10. The Hall–Kier alpha value is -1.00. The van der Waals surface area contributed by atoms with Crippen LogP contribution in [0.15, 0.2) is 11.4 Å². The molecule has 0 atom stereocenters. The maximum Gasteiger partial charge on any atom is 0.190 e. The number of rotatable bonds is 3. The van der Waals surface area contributed by atoms with E-state index in [1.54, 1.807) is 11.3 Å². The molecule has 5 heteroatoms. The molecule has 2 aromatic rings. The van der Waals surface area contributed by atoms with Crippen LogP contribution >= 0.6 is 22.9 Å². The summed E-state index contributed by atoms with van der Waals surface area (Å²) < 4.78 is 0. The molecule has 0 radical (unpaired) electrons. The molecule has 3 nitrogen and oxygen atoms in total. The van der Waals surface area contributed by atoms with Crippen LogP contribution in [0.3, 0.4) is 0 Å². The monoisotopic (exact) mass is 267 g/mol. The number of aromatic nitrogens is 3. The van der Waals surface area contributed by atoms with Gasteiger partial charge in [0.1, 0.15) is 5.15 Å². The van der Waals surface area contributed by atoms with E-state index in [1.807, 2.05) is 18.4 Å². The van der Waals surface area contributed by atoms with E-state index in [1.165, 1.54) is 0 Å². The van der Waals surface area contributed by atoms with E-state index in [0.29, 0.717) is 16.9 Å². The van der Waals surface area contributed by atoms with E-state index in [9.17, 15) is 0 Å². The lowest BCUT2D eigenvalue weighted by Crippen LogP contribution is -2.00. The Kier molecular flexibility index (Phi) is 3.74. The first kappa shape index (κ1) is 12.5. The molecule has 0 aliphatic heterocycles. The summed E-state index contributed by atoms with van der Waals surface area (Å²) in [6, 6.07) is 1.82. The number of nitrogens with zero attached hydrogens (tertiary/aromatic N) is 3. The summed E-state index contributed by atoms with van der Waals surface area (Å²) in [5, 5.41) is 3.30. The van der Waals surface area contributed by atoms with Crippen LogP contribution in [0.4, 0.5) is 0 Å². The number of hydrogen-bond acceptors (Lipinski definition) is 4. The molecule has 0 N–H and O–H groups in total. The molecule has 0 unspecified atom stereocenters. The van der Waals surface area contributed by atoms with E-state index in [2.05, 4.69) is 28.8 Å². The smallest absolute Gasteiger partial charge is 0.190 e. The van der Waals surface area contributed by atoms with Crippen molar-refractivity contribution >= 4 is 22.9 Å². The molecule has 2 heterocycles. The summed E-state index contributed by atoms with van der Waals surface area (Å²) >= 11 is 7.56. The fourth-order valence-electron chi connectivity index (χ4n) is 1.54. The number of halogens is 1. The highest BCUT2D eigenvalue weighted by Crippen LogP contribution is 2.22. The van der Waals surface area contributed by atoms with Crippen LogP contribution in [0.2, 0.25) is 5.15 Å². The molecular formula is C12H14ClN3S. The summed E-state index contributed by atoms with van der Waals surface area (Å²) in [7, 11) is 0. The maximum atomic E-state index is 6.02. The van der Waals surface area contributed by atoms with E-state index in [-0.39, 0.29) is 0 Å². The van der Waals surface area contributed by atoms with Crippen LogP contribution in [0.5, 0.6) is 0 Å². The number of thiazole rings is 1. The van der Waals surface area contributed by atoms with Crippen LogP contribution in [-0.4, -0.2) is 15.0 Å². The minimum absolute atomic E-state index is 0.485. The molecule has 0 bridgehead atoms. The minimum atomic E-state index is 0.485. The fraction of sp³-hybridized carbons (Fsp3) is 0.417. The third-order valence-electron chi connectivity index (χ3n) is 2.18. The Morgan fingerprint density at radius 1 is 1.29 bits per heavy atom. The Bertz CT molecular complexity index is 522. The van der Waals surface area contributed by atoms with Gasteiger partial charge >= 0.3 is 0 Å². The molecule has 0 fully saturated rings. The van der Waals surface area contributed by atoms with Crippen LogP contribution in [-0.2, 0) is 6.42 Å². The summed E-state index contributed by atoms with van der Waals surface area (Å²) in [6.45, 7) is 6.27. The normalized spacial score (nSPS) is 11.1. The predicted molar refractivity (Wildman–Crippen MR) is 71.4 cm³/mol. The fourth-order valence-corrected chi connectivity index (χ4v) is 2.47. The van der Waals surface area contributed by atoms with Crippen molar-refractivity contribution in [1.82, 2.24) is 15.0 Å². The second-order valence-corrected chi connectivity index (χ2v) is 5.64. The standard InChI is InChI=1S/C12H14ClN3S/c1-7(2)4-9-5-10(13)16-11(15-9)12-14-8(3)6-17-12/h5-7H,4H2,1-3H3. The molecule has 0 saturated heterocycles. The van der Waals surface area contributed by atoms with Gasteiger partial charge in [0.2, 0.25) is 0 Å². The maximum absolute atomic E-state index is 6.02. The first-order chi connectivity index (χ1) is 8.04. The van der Waals surface area contributed by atoms with Crippen molar-refractivity contribution in [2.45, 2.75) is 27.2 Å². The molecule has 17 heavy (non-hydrogen) atoms. The van der Waals surface area contributed by atoms with Gasteiger partial charge in [-0.05, 0) is 25.3 Å². The molecule has 90 valence electrons. The van der Waals surface area contributed by atoms with Gasteiger partial charge in [-0.3, -0.25) is 0 Å². The van der Waals surface area contributed by atoms with E-state index in [4.69, 9.17) is 11.6 Å². The quantitative estimate of drug-likeness (QED) is 0.795. The minimum Gasteiger partial charge on any atom is -0.238 e. The lowest BCUT2D eigenvalue weighted by molar-refractivity contribution is 0.634. The van der Waals surface area contributed by atoms with Crippen molar-refractivity contribution in [3.05, 3.63) is 28.0 Å². The van der Waals surface area contributed by atoms with Crippen LogP contribution in [0, 0.1) is 12.8 Å². The van der Waals surface area contributed by atoms with Gasteiger partial charge in [-0.25, -0.2) is 15.0 Å². The molecule has 0 amide bonds. The van der Waals surface area contributed by atoms with Crippen molar-refractivity contribution in [2.75, 3.05) is 0 Å². The average molecular weight is 268 g/mol. The second kappa shape index (κ2) is 5.10. The number of hydrogen-bond donors (Lipinski definition) is 0. The Labute approximate surface area is 110 Å². The molecule has 2 aromatic heterocycles. The molecule has 0 aliphatic rings. The third kappa shape index (κ3) is 3.23. The first-order valence-corrected chi connectivity index (χ1v) is 6.76. The summed E-state index contributed by atoms with van der Waals surface area (Å²) in [6.07, 6.45) is 0.902. The molecular weight excluding hydrogens is 254 g/mol. The Morgan fingerprint density at radius 3 is 2.65 bits per heavy atom. The van der Waals surface area contributed by atoms with Crippen molar-refractivity contribution < 1.29 is 0 Å². The summed E-state index contributed by atoms with van der Waals surface area (Å²) in [4.78, 5) is 13.1. The van der Waals surface area contributed by atoms with Gasteiger partial charge in [-0.2, -0.15) is 0 Å². The SMILES string of the molecule is Cc1csc(-c2nc(Cl)cc(CC(C)C)n2)n1. The van der Waals surface area contributed by atoms with Crippen molar-refractivity contribution in [2.24, 2.45) is 5.92 Å². The van der Waals surface area contributed by atoms with Gasteiger partial charge in [0, 0.05) is 16.8 Å². The van der Waals surface area contributed by atoms with Gasteiger partial charge in [0.25, 0.3) is 0 Å². The summed E-state index contributed by atoms with van der Waals surface area (Å²) in [5.41, 5.74) is 1.96.